The summed E-state index contributed by atoms with van der Waals surface area (Å²) in [6, 6.07) is 19.0. The molecule has 5 rings (SSSR count). The van der Waals surface area contributed by atoms with Gasteiger partial charge in [0.15, 0.2) is 0 Å². The number of Topliss-reactive ketones (excluding diaryl/α,β-unsaturated/α-hetero) is 1. The van der Waals surface area contributed by atoms with Crippen LogP contribution in [0.1, 0.15) is 31.4 Å². The van der Waals surface area contributed by atoms with E-state index < -0.39 is 6.09 Å². The number of benzene rings is 2. The monoisotopic (exact) mass is 596 g/mol. The highest BCUT2D eigenvalue weighted by molar-refractivity contribution is 5.82. The predicted octanol–water partition coefficient (Wildman–Crippen LogP) is 4.09. The summed E-state index contributed by atoms with van der Waals surface area (Å²) in [4.78, 5) is 59.4. The molecule has 1 saturated carbocycles. The van der Waals surface area contributed by atoms with Gasteiger partial charge in [-0.1, -0.05) is 68.1 Å². The Balaban J connectivity index is 0.000000233. The summed E-state index contributed by atoms with van der Waals surface area (Å²) in [6.07, 6.45) is 0.574. The van der Waals surface area contributed by atoms with E-state index in [1.165, 1.54) is 0 Å². The molecule has 11 heteroatoms. The van der Waals surface area contributed by atoms with Crippen molar-refractivity contribution in [2.75, 3.05) is 39.4 Å². The molecule has 0 spiro atoms. The maximum Gasteiger partial charge on any atom is 0.410 e. The molecule has 2 unspecified atom stereocenters. The van der Waals surface area contributed by atoms with E-state index in [4.69, 9.17) is 18.9 Å². The van der Waals surface area contributed by atoms with Gasteiger partial charge in [0.05, 0.1) is 13.2 Å². The zero-order valence-electron chi connectivity index (χ0n) is 23.4. The first-order valence-electron chi connectivity index (χ1n) is 14.0. The van der Waals surface area contributed by atoms with Crippen molar-refractivity contribution in [2.45, 2.75) is 33.5 Å². The molecular weight excluding hydrogens is 556 g/mol. The highest BCUT2D eigenvalue weighted by Gasteiger charge is 2.42. The van der Waals surface area contributed by atoms with Crippen molar-refractivity contribution in [1.29, 1.82) is 0 Å². The summed E-state index contributed by atoms with van der Waals surface area (Å²) in [7, 11) is 0. The summed E-state index contributed by atoms with van der Waals surface area (Å²) in [5.74, 6) is 0.898. The van der Waals surface area contributed by atoms with E-state index in [0.717, 1.165) is 11.1 Å². The molecule has 2 aromatic rings. The Labute approximate surface area is 252 Å². The second-order valence-electron chi connectivity index (χ2n) is 10.7. The van der Waals surface area contributed by atoms with Gasteiger partial charge in [0, 0.05) is 50.9 Å². The Morgan fingerprint density at radius 3 is 1.47 bits per heavy atom. The number of rotatable bonds is 10. The Morgan fingerprint density at radius 1 is 0.674 bits per heavy atom. The largest absolute Gasteiger partial charge is 0.468 e. The molecule has 11 nitrogen and oxygen atoms in total. The summed E-state index contributed by atoms with van der Waals surface area (Å²) in [5.41, 5.74) is 1.90. The lowest BCUT2D eigenvalue weighted by molar-refractivity contribution is -0.133. The summed E-state index contributed by atoms with van der Waals surface area (Å²) < 4.78 is 20.2. The van der Waals surface area contributed by atoms with Gasteiger partial charge >= 0.3 is 12.2 Å². The Morgan fingerprint density at radius 2 is 1.07 bits per heavy atom. The second-order valence-corrected chi connectivity index (χ2v) is 10.7. The van der Waals surface area contributed by atoms with E-state index in [9.17, 15) is 24.0 Å². The maximum absolute atomic E-state index is 12.1. The number of ketones is 1. The minimum atomic E-state index is -0.432. The van der Waals surface area contributed by atoms with Crippen LogP contribution in [0.5, 0.6) is 0 Å². The molecule has 0 radical (unpaired) electrons. The van der Waals surface area contributed by atoms with Crippen LogP contribution in [0.2, 0.25) is 0 Å². The van der Waals surface area contributed by atoms with Crippen LogP contribution < -0.4 is 0 Å². The second kappa shape index (κ2) is 16.9. The highest BCUT2D eigenvalue weighted by atomic mass is 16.6. The third-order valence-corrected chi connectivity index (χ3v) is 7.82. The van der Waals surface area contributed by atoms with Crippen molar-refractivity contribution in [2.24, 2.45) is 23.7 Å². The van der Waals surface area contributed by atoms with Crippen LogP contribution in [0.15, 0.2) is 60.7 Å². The fourth-order valence-electron chi connectivity index (χ4n) is 5.63. The number of hydrogen-bond donors (Lipinski definition) is 0. The zero-order chi connectivity index (χ0) is 29.7. The first-order valence-corrected chi connectivity index (χ1v) is 14.0. The number of nitrogens with zero attached hydrogens (tertiary/aromatic N) is 2. The molecule has 3 aliphatic rings. The van der Waals surface area contributed by atoms with E-state index in [2.05, 4.69) is 0 Å². The molecule has 0 bridgehead atoms. The molecular formula is C32H40N2O9. The first-order chi connectivity index (χ1) is 20.5. The molecule has 1 aliphatic carbocycles. The quantitative estimate of drug-likeness (QED) is 0.294. The summed E-state index contributed by atoms with van der Waals surface area (Å²) in [6.45, 7) is 3.74. The fraction of sp³-hybridized carbons (Fsp3) is 0.469. The van der Waals surface area contributed by atoms with Gasteiger partial charge in [-0.05, 0) is 23.0 Å². The van der Waals surface area contributed by atoms with Gasteiger partial charge < -0.3 is 28.7 Å². The van der Waals surface area contributed by atoms with Crippen LogP contribution in [0.4, 0.5) is 9.59 Å². The Hall–Kier alpha value is -4.41. The van der Waals surface area contributed by atoms with E-state index in [1.54, 1.807) is 9.80 Å². The SMILES string of the molecule is C.O=C1C[C@@H]2CN(C(=O)OCc3ccccc3)C[C@@H]2C1.O=COCC1CN(C(=O)OCc2ccccc2)CC1COC=O. The third kappa shape index (κ3) is 9.83. The van der Waals surface area contributed by atoms with Crippen LogP contribution in [0, 0.1) is 23.7 Å². The number of fused-ring (bicyclic) bond motifs is 1. The lowest BCUT2D eigenvalue weighted by Gasteiger charge is -2.16. The van der Waals surface area contributed by atoms with Gasteiger partial charge in [0.2, 0.25) is 0 Å². The van der Waals surface area contributed by atoms with Crippen LogP contribution in [0.25, 0.3) is 0 Å². The molecule has 43 heavy (non-hydrogen) atoms. The van der Waals surface area contributed by atoms with Gasteiger partial charge in [-0.15, -0.1) is 0 Å². The van der Waals surface area contributed by atoms with Gasteiger partial charge in [-0.2, -0.15) is 0 Å². The smallest absolute Gasteiger partial charge is 0.410 e. The summed E-state index contributed by atoms with van der Waals surface area (Å²) >= 11 is 0. The normalized spacial score (nSPS) is 21.9. The topological polar surface area (TPSA) is 129 Å². The lowest BCUT2D eigenvalue weighted by Crippen LogP contribution is -2.30. The number of hydrogen-bond acceptors (Lipinski definition) is 9. The molecule has 2 aromatic carbocycles. The van der Waals surface area contributed by atoms with Crippen molar-refractivity contribution < 1.29 is 42.9 Å². The Bertz CT molecular complexity index is 1160. The standard InChI is InChI=1S/C16H19NO6.C15H17NO3.CH4/c18-11-21-9-14-6-17(7-15(14)10-22-12-19)16(20)23-8-13-4-2-1-3-5-13;17-14-6-12-8-16(9-13(12)7-14)15(18)19-10-11-4-2-1-3-5-11;/h1-5,11-12,14-15H,6-10H2;1-5,12-13H,6-10H2;1H4/t;12-,13+;. The first kappa shape index (κ1) is 33.1. The minimum Gasteiger partial charge on any atom is -0.468 e. The van der Waals surface area contributed by atoms with Crippen molar-refractivity contribution in [3.8, 4) is 0 Å². The number of likely N-dealkylation sites (tertiary alicyclic amines) is 2. The van der Waals surface area contributed by atoms with Crippen LogP contribution in [-0.4, -0.2) is 80.1 Å². The number of carbonyl (C=O) groups excluding carboxylic acids is 5. The molecule has 4 atom stereocenters. The third-order valence-electron chi connectivity index (χ3n) is 7.82. The van der Waals surface area contributed by atoms with E-state index in [1.807, 2.05) is 60.7 Å². The molecule has 2 heterocycles. The average Bonchev–Trinajstić information content (AvgIpc) is 3.71. The van der Waals surface area contributed by atoms with Crippen molar-refractivity contribution >= 4 is 30.9 Å². The van der Waals surface area contributed by atoms with Crippen molar-refractivity contribution in [1.82, 2.24) is 9.80 Å². The molecule has 0 N–H and O–H groups in total. The molecule has 232 valence electrons. The van der Waals surface area contributed by atoms with Crippen molar-refractivity contribution in [3.63, 3.8) is 0 Å². The zero-order valence-corrected chi connectivity index (χ0v) is 23.4. The summed E-state index contributed by atoms with van der Waals surface area (Å²) in [5, 5.41) is 0. The molecule has 0 aromatic heterocycles. The number of carbonyl (C=O) groups is 5. The van der Waals surface area contributed by atoms with Gasteiger partial charge in [-0.3, -0.25) is 14.4 Å². The van der Waals surface area contributed by atoms with Crippen LogP contribution in [0.3, 0.4) is 0 Å². The van der Waals surface area contributed by atoms with E-state index >= 15 is 0 Å². The number of ether oxygens (including phenoxy) is 4. The number of amides is 2. The Kier molecular flexibility index (Phi) is 13.0. The fourth-order valence-corrected chi connectivity index (χ4v) is 5.63. The lowest BCUT2D eigenvalue weighted by atomic mass is 9.98. The molecule has 2 saturated heterocycles. The van der Waals surface area contributed by atoms with Gasteiger partial charge in [-0.25, -0.2) is 9.59 Å². The highest BCUT2D eigenvalue weighted by Crippen LogP contribution is 2.36. The minimum absolute atomic E-state index is 0. The van der Waals surface area contributed by atoms with Crippen LogP contribution in [-0.2, 0) is 46.5 Å². The predicted molar refractivity (Wildman–Crippen MR) is 155 cm³/mol. The maximum atomic E-state index is 12.1. The van der Waals surface area contributed by atoms with E-state index in [0.29, 0.717) is 76.2 Å². The van der Waals surface area contributed by atoms with E-state index in [-0.39, 0.29) is 45.2 Å². The average molecular weight is 597 g/mol. The van der Waals surface area contributed by atoms with Crippen LogP contribution >= 0.6 is 0 Å². The van der Waals surface area contributed by atoms with Crippen molar-refractivity contribution in [3.05, 3.63) is 71.8 Å². The molecule has 2 aliphatic heterocycles. The molecule has 3 fully saturated rings. The molecule has 2 amide bonds. The van der Waals surface area contributed by atoms with Gasteiger partial charge in [0.1, 0.15) is 19.0 Å². The van der Waals surface area contributed by atoms with Gasteiger partial charge in [0.25, 0.3) is 12.9 Å².